The molecule has 122 valence electrons. The fraction of sp³-hybridized carbons (Fsp3) is 0.600. The quantitative estimate of drug-likeness (QED) is 0.741. The largest absolute Gasteiger partial charge is 0.450 e. The first-order valence-corrected chi connectivity index (χ1v) is 7.62. The summed E-state index contributed by atoms with van der Waals surface area (Å²) < 4.78 is 4.98. The summed E-state index contributed by atoms with van der Waals surface area (Å²) in [4.78, 5) is 27.1. The molecule has 1 atom stereocenters. The summed E-state index contributed by atoms with van der Waals surface area (Å²) >= 11 is 0. The Labute approximate surface area is 129 Å². The molecule has 0 saturated carbocycles. The second-order valence-electron chi connectivity index (χ2n) is 5.35. The number of H-pyrrole nitrogens is 1. The Morgan fingerprint density at radius 2 is 2.23 bits per heavy atom. The molecule has 22 heavy (non-hydrogen) atoms. The molecule has 0 spiro atoms. The highest BCUT2D eigenvalue weighted by Crippen LogP contribution is 2.13. The van der Waals surface area contributed by atoms with Gasteiger partial charge in [0.25, 0.3) is 0 Å². The first kappa shape index (κ1) is 16.5. The van der Waals surface area contributed by atoms with E-state index in [1.165, 1.54) is 6.07 Å². The third-order valence-corrected chi connectivity index (χ3v) is 3.77. The molecular weight excluding hydrogens is 286 g/mol. The number of carbonyl (C=O) groups is 1. The van der Waals surface area contributed by atoms with Crippen LogP contribution in [-0.4, -0.2) is 53.4 Å². The number of pyridine rings is 1. The molecule has 1 aliphatic rings. The van der Waals surface area contributed by atoms with Crippen molar-refractivity contribution in [2.45, 2.75) is 31.9 Å². The summed E-state index contributed by atoms with van der Waals surface area (Å²) in [5, 5.41) is 13.3. The van der Waals surface area contributed by atoms with Crippen LogP contribution in [0.25, 0.3) is 0 Å². The van der Waals surface area contributed by atoms with E-state index in [0.717, 1.165) is 12.8 Å². The maximum Gasteiger partial charge on any atom is 0.409 e. The number of nitrogens with one attached hydrogen (secondary N) is 2. The van der Waals surface area contributed by atoms with Gasteiger partial charge in [-0.05, 0) is 25.8 Å². The van der Waals surface area contributed by atoms with Crippen molar-refractivity contribution in [1.82, 2.24) is 15.2 Å². The van der Waals surface area contributed by atoms with Crippen molar-refractivity contribution >= 4 is 6.09 Å². The van der Waals surface area contributed by atoms with E-state index in [4.69, 9.17) is 4.74 Å². The van der Waals surface area contributed by atoms with E-state index >= 15 is 0 Å². The van der Waals surface area contributed by atoms with Crippen LogP contribution in [0.5, 0.6) is 0 Å². The number of nitrogens with zero attached hydrogens (tertiary/aromatic N) is 1. The van der Waals surface area contributed by atoms with E-state index in [-0.39, 0.29) is 17.7 Å². The first-order chi connectivity index (χ1) is 10.6. The van der Waals surface area contributed by atoms with Crippen molar-refractivity contribution in [1.29, 1.82) is 0 Å². The molecular formula is C15H23N3O4. The van der Waals surface area contributed by atoms with E-state index < -0.39 is 6.10 Å². The zero-order chi connectivity index (χ0) is 15.9. The lowest BCUT2D eigenvalue weighted by Crippen LogP contribution is -2.46. The molecule has 0 radical (unpaired) electrons. The Morgan fingerprint density at radius 1 is 1.50 bits per heavy atom. The van der Waals surface area contributed by atoms with Gasteiger partial charge in [-0.1, -0.05) is 6.07 Å². The number of aromatic nitrogens is 1. The monoisotopic (exact) mass is 309 g/mol. The number of amides is 1. The van der Waals surface area contributed by atoms with Crippen LogP contribution in [0.3, 0.4) is 0 Å². The minimum atomic E-state index is -0.753. The minimum absolute atomic E-state index is 0.223. The Balaban J connectivity index is 1.75. The number of aliphatic hydroxyl groups is 1. The van der Waals surface area contributed by atoms with Gasteiger partial charge >= 0.3 is 6.09 Å². The zero-order valence-electron chi connectivity index (χ0n) is 12.7. The number of ether oxygens (including phenoxy) is 1. The molecule has 2 rings (SSSR count). The summed E-state index contributed by atoms with van der Waals surface area (Å²) in [5.41, 5.74) is 0.281. The van der Waals surface area contributed by atoms with Crippen molar-refractivity contribution in [2.75, 3.05) is 26.2 Å². The van der Waals surface area contributed by atoms with Gasteiger partial charge in [-0.15, -0.1) is 0 Å². The highest BCUT2D eigenvalue weighted by molar-refractivity contribution is 5.67. The Kier molecular flexibility index (Phi) is 5.97. The van der Waals surface area contributed by atoms with Gasteiger partial charge in [0.15, 0.2) is 0 Å². The summed E-state index contributed by atoms with van der Waals surface area (Å²) in [6.45, 7) is 3.84. The van der Waals surface area contributed by atoms with Crippen LogP contribution in [-0.2, 0) is 4.74 Å². The number of aliphatic hydroxyl groups excluding tert-OH is 1. The summed E-state index contributed by atoms with van der Waals surface area (Å²) in [6.07, 6.45) is 0.619. The van der Waals surface area contributed by atoms with Crippen LogP contribution >= 0.6 is 0 Å². The number of piperidine rings is 1. The predicted molar refractivity (Wildman–Crippen MR) is 81.6 cm³/mol. The minimum Gasteiger partial charge on any atom is -0.450 e. The summed E-state index contributed by atoms with van der Waals surface area (Å²) in [5.74, 6) is 0. The lowest BCUT2D eigenvalue weighted by Gasteiger charge is -2.32. The maximum absolute atomic E-state index is 11.6. The molecule has 7 nitrogen and oxygen atoms in total. The van der Waals surface area contributed by atoms with Crippen LogP contribution in [0.15, 0.2) is 23.0 Å². The number of rotatable bonds is 5. The van der Waals surface area contributed by atoms with Gasteiger partial charge in [-0.2, -0.15) is 0 Å². The van der Waals surface area contributed by atoms with Gasteiger partial charge in [0.05, 0.1) is 6.61 Å². The van der Waals surface area contributed by atoms with Gasteiger partial charge in [0.1, 0.15) is 6.10 Å². The highest BCUT2D eigenvalue weighted by Gasteiger charge is 2.23. The fourth-order valence-electron chi connectivity index (χ4n) is 2.53. The molecule has 1 saturated heterocycles. The number of likely N-dealkylation sites (tertiary alicyclic amines) is 1. The van der Waals surface area contributed by atoms with Crippen molar-refractivity contribution < 1.29 is 14.6 Å². The smallest absolute Gasteiger partial charge is 0.409 e. The van der Waals surface area contributed by atoms with E-state index in [1.54, 1.807) is 24.0 Å². The molecule has 7 heteroatoms. The second kappa shape index (κ2) is 7.95. The van der Waals surface area contributed by atoms with E-state index in [9.17, 15) is 14.7 Å². The topological polar surface area (TPSA) is 94.7 Å². The highest BCUT2D eigenvalue weighted by atomic mass is 16.6. The molecule has 2 heterocycles. The number of aromatic amines is 1. The van der Waals surface area contributed by atoms with Gasteiger partial charge in [0.2, 0.25) is 5.56 Å². The maximum atomic E-state index is 11.6. The van der Waals surface area contributed by atoms with Crippen molar-refractivity contribution in [3.63, 3.8) is 0 Å². The molecule has 3 N–H and O–H groups in total. The lowest BCUT2D eigenvalue weighted by molar-refractivity contribution is 0.0926. The molecule has 0 bridgehead atoms. The van der Waals surface area contributed by atoms with Crippen LogP contribution < -0.4 is 10.9 Å². The zero-order valence-corrected chi connectivity index (χ0v) is 12.7. The van der Waals surface area contributed by atoms with Crippen LogP contribution in [0.2, 0.25) is 0 Å². The second-order valence-corrected chi connectivity index (χ2v) is 5.35. The molecule has 1 aliphatic heterocycles. The van der Waals surface area contributed by atoms with Gasteiger partial charge in [-0.3, -0.25) is 4.79 Å². The van der Waals surface area contributed by atoms with Gasteiger partial charge in [0, 0.05) is 37.4 Å². The van der Waals surface area contributed by atoms with Gasteiger partial charge in [-0.25, -0.2) is 4.79 Å². The molecule has 1 unspecified atom stereocenters. The number of hydrogen-bond donors (Lipinski definition) is 3. The summed E-state index contributed by atoms with van der Waals surface area (Å²) in [6, 6.07) is 4.97. The first-order valence-electron chi connectivity index (χ1n) is 7.62. The third-order valence-electron chi connectivity index (χ3n) is 3.77. The standard InChI is InChI=1S/C15H23N3O4/c1-2-22-15(21)18-8-6-11(7-9-18)16-10-13(19)12-4-3-5-14(20)17-12/h3-5,11,13,16,19H,2,6-10H2,1H3,(H,17,20). The van der Waals surface area contributed by atoms with Crippen LogP contribution in [0.1, 0.15) is 31.6 Å². The molecule has 0 aromatic carbocycles. The number of carbonyl (C=O) groups excluding carboxylic acids is 1. The Morgan fingerprint density at radius 3 is 2.86 bits per heavy atom. The third kappa shape index (κ3) is 4.57. The molecule has 1 aromatic heterocycles. The molecule has 1 fully saturated rings. The molecule has 0 aliphatic carbocycles. The normalized spacial score (nSPS) is 17.3. The van der Waals surface area contributed by atoms with Crippen molar-refractivity contribution in [3.05, 3.63) is 34.2 Å². The Hall–Kier alpha value is -1.86. The SMILES string of the molecule is CCOC(=O)N1CCC(NCC(O)c2cccc(=O)[nH]2)CC1. The van der Waals surface area contributed by atoms with E-state index in [2.05, 4.69) is 10.3 Å². The average molecular weight is 309 g/mol. The molecule has 1 aromatic rings. The fourth-order valence-corrected chi connectivity index (χ4v) is 2.53. The van der Waals surface area contributed by atoms with E-state index in [0.29, 0.717) is 31.9 Å². The van der Waals surface area contributed by atoms with Crippen LogP contribution in [0, 0.1) is 0 Å². The predicted octanol–water partition coefficient (Wildman–Crippen LogP) is 0.619. The molecule has 1 amide bonds. The van der Waals surface area contributed by atoms with Crippen molar-refractivity contribution in [2.24, 2.45) is 0 Å². The Bertz CT molecular complexity index is 538. The number of hydrogen-bond acceptors (Lipinski definition) is 5. The van der Waals surface area contributed by atoms with Crippen molar-refractivity contribution in [3.8, 4) is 0 Å². The lowest BCUT2D eigenvalue weighted by atomic mass is 10.0. The average Bonchev–Trinajstić information content (AvgIpc) is 2.53. The summed E-state index contributed by atoms with van der Waals surface area (Å²) in [7, 11) is 0. The van der Waals surface area contributed by atoms with E-state index in [1.807, 2.05) is 0 Å². The van der Waals surface area contributed by atoms with Crippen LogP contribution in [0.4, 0.5) is 4.79 Å². The van der Waals surface area contributed by atoms with Gasteiger partial charge < -0.3 is 25.0 Å².